The van der Waals surface area contributed by atoms with E-state index in [4.69, 9.17) is 18.5 Å². The molecule has 1 unspecified atom stereocenters. The molecular weight excluding hydrogens is 455 g/mol. The average molecular weight is 479 g/mol. The predicted molar refractivity (Wildman–Crippen MR) is 101 cm³/mol. The van der Waals surface area contributed by atoms with E-state index >= 15 is 0 Å². The smallest absolute Gasteiger partial charge is 0.387 e. The van der Waals surface area contributed by atoms with Crippen LogP contribution in [-0.4, -0.2) is 89.9 Å². The fourth-order valence-corrected chi connectivity index (χ4v) is 4.33. The number of aliphatic hydroxyl groups excluding tert-OH is 4. The van der Waals surface area contributed by atoms with Gasteiger partial charge in [-0.1, -0.05) is 4.98 Å². The van der Waals surface area contributed by atoms with Crippen LogP contribution in [0.1, 0.15) is 19.1 Å². The van der Waals surface area contributed by atoms with Gasteiger partial charge in [-0.3, -0.25) is 9.05 Å². The van der Waals surface area contributed by atoms with Crippen molar-refractivity contribution in [2.24, 2.45) is 0 Å². The van der Waals surface area contributed by atoms with Crippen LogP contribution >= 0.6 is 7.82 Å². The molecule has 2 saturated heterocycles. The van der Waals surface area contributed by atoms with Crippen LogP contribution in [0.4, 0.5) is 0 Å². The number of phosphoric ester groups is 1. The molecule has 15 nitrogen and oxygen atoms in total. The Morgan fingerprint density at radius 3 is 2.69 bits per heavy atom. The Hall–Kier alpha value is -1.78. The Bertz CT molecular complexity index is 1050. The summed E-state index contributed by atoms with van der Waals surface area (Å²) in [4.78, 5) is 31.9. The van der Waals surface area contributed by atoms with Gasteiger partial charge in [0.05, 0.1) is 19.3 Å². The maximum absolute atomic E-state index is 12.5. The summed E-state index contributed by atoms with van der Waals surface area (Å²) in [7, 11) is -4.60. The Morgan fingerprint density at radius 1 is 1.16 bits per heavy atom. The lowest BCUT2D eigenvalue weighted by Gasteiger charge is -2.38. The molecule has 2 aliphatic rings. The predicted octanol–water partition coefficient (Wildman–Crippen LogP) is -2.85. The number of nitrogens with zero attached hydrogens (tertiary/aromatic N) is 2. The number of nitrogens with one attached hydrogen (secondary N) is 2. The molecule has 0 amide bonds. The van der Waals surface area contributed by atoms with Crippen LogP contribution < -0.4 is 10.5 Å². The molecule has 8 atom stereocenters. The SMILES string of the molecule is O=c1c2[nH]cnc2[nH+]cn1[C@H]1CC[C@@H](COP(=O)(O)OC[C@H]2O[C@H](O)[C@H](O)[C@@H](O)[C@@H]2O)O1. The first-order valence-corrected chi connectivity index (χ1v) is 11.3. The highest BCUT2D eigenvalue weighted by Gasteiger charge is 2.44. The summed E-state index contributed by atoms with van der Waals surface area (Å²) in [5, 5.41) is 38.4. The Balaban J connectivity index is 1.28. The van der Waals surface area contributed by atoms with Gasteiger partial charge in [0, 0.05) is 6.42 Å². The van der Waals surface area contributed by atoms with Crippen LogP contribution in [0.2, 0.25) is 0 Å². The molecule has 2 fully saturated rings. The molecule has 2 aromatic heterocycles. The van der Waals surface area contributed by atoms with E-state index in [0.29, 0.717) is 24.0 Å². The van der Waals surface area contributed by atoms with Crippen LogP contribution in [0.15, 0.2) is 17.4 Å². The number of ether oxygens (including phenoxy) is 2. The summed E-state index contributed by atoms with van der Waals surface area (Å²) >= 11 is 0. The van der Waals surface area contributed by atoms with Crippen LogP contribution in [0.3, 0.4) is 0 Å². The molecule has 16 heteroatoms. The van der Waals surface area contributed by atoms with Crippen LogP contribution in [0.25, 0.3) is 11.2 Å². The number of rotatable bonds is 7. The van der Waals surface area contributed by atoms with Crippen molar-refractivity contribution in [2.75, 3.05) is 13.2 Å². The summed E-state index contributed by atoms with van der Waals surface area (Å²) in [6, 6.07) is 0. The normalized spacial score (nSPS) is 35.2. The van der Waals surface area contributed by atoms with E-state index in [1.165, 1.54) is 17.2 Å². The summed E-state index contributed by atoms with van der Waals surface area (Å²) < 4.78 is 33.8. The zero-order valence-corrected chi connectivity index (χ0v) is 17.4. The van der Waals surface area contributed by atoms with Gasteiger partial charge >= 0.3 is 13.4 Å². The number of aromatic nitrogens is 4. The molecule has 32 heavy (non-hydrogen) atoms. The number of fused-ring (bicyclic) bond motifs is 1. The van der Waals surface area contributed by atoms with E-state index in [2.05, 4.69) is 15.0 Å². The lowest BCUT2D eigenvalue weighted by atomic mass is 10.00. The second-order valence-corrected chi connectivity index (χ2v) is 8.95. The van der Waals surface area contributed by atoms with Crippen molar-refractivity contribution >= 4 is 19.0 Å². The minimum atomic E-state index is -4.60. The summed E-state index contributed by atoms with van der Waals surface area (Å²) in [5.41, 5.74) is 0.363. The van der Waals surface area contributed by atoms with Gasteiger partial charge in [0.1, 0.15) is 24.4 Å². The van der Waals surface area contributed by atoms with Gasteiger partial charge in [0.15, 0.2) is 25.2 Å². The summed E-state index contributed by atoms with van der Waals surface area (Å²) in [5.74, 6) is 0. The van der Waals surface area contributed by atoms with Crippen LogP contribution in [-0.2, 0) is 23.1 Å². The van der Waals surface area contributed by atoms with Gasteiger partial charge in [-0.15, -0.1) is 0 Å². The minimum Gasteiger partial charge on any atom is -0.387 e. The van der Waals surface area contributed by atoms with E-state index in [1.807, 2.05) is 0 Å². The lowest BCUT2D eigenvalue weighted by Crippen LogP contribution is -2.58. The fraction of sp³-hybridized carbons (Fsp3) is 0.688. The maximum Gasteiger partial charge on any atom is 0.472 e. The van der Waals surface area contributed by atoms with E-state index in [9.17, 15) is 34.7 Å². The average Bonchev–Trinajstić information content (AvgIpc) is 3.43. The number of aromatic amines is 2. The molecule has 178 valence electrons. The molecule has 0 bridgehead atoms. The lowest BCUT2D eigenvalue weighted by molar-refractivity contribution is -0.358. The van der Waals surface area contributed by atoms with Gasteiger partial charge in [-0.2, -0.15) is 0 Å². The Morgan fingerprint density at radius 2 is 1.91 bits per heavy atom. The third-order valence-corrected chi connectivity index (χ3v) is 6.29. The van der Waals surface area contributed by atoms with E-state index < -0.39 is 57.5 Å². The Labute approximate surface area is 179 Å². The quantitative estimate of drug-likeness (QED) is 0.221. The van der Waals surface area contributed by atoms with E-state index in [-0.39, 0.29) is 12.2 Å². The molecule has 0 saturated carbocycles. The van der Waals surface area contributed by atoms with Crippen LogP contribution in [0, 0.1) is 0 Å². The van der Waals surface area contributed by atoms with Crippen molar-refractivity contribution in [3.63, 3.8) is 0 Å². The van der Waals surface area contributed by atoms with Crippen LogP contribution in [0.5, 0.6) is 0 Å². The van der Waals surface area contributed by atoms with E-state index in [1.54, 1.807) is 0 Å². The molecule has 2 aliphatic heterocycles. The first kappa shape index (κ1) is 23.4. The van der Waals surface area contributed by atoms with Crippen molar-refractivity contribution in [1.82, 2.24) is 14.5 Å². The molecular formula is C16H24N4O11P+. The van der Waals surface area contributed by atoms with Gasteiger partial charge < -0.3 is 39.8 Å². The van der Waals surface area contributed by atoms with Crippen molar-refractivity contribution < 1.29 is 53.4 Å². The number of hydrogen-bond donors (Lipinski definition) is 6. The fourth-order valence-electron chi connectivity index (χ4n) is 3.56. The van der Waals surface area contributed by atoms with Gasteiger partial charge in [-0.05, 0) is 6.42 Å². The monoisotopic (exact) mass is 479 g/mol. The number of hydrogen-bond acceptors (Lipinski definition) is 11. The van der Waals surface area contributed by atoms with Crippen molar-refractivity contribution in [3.8, 4) is 0 Å². The van der Waals surface area contributed by atoms with Gasteiger partial charge in [0.25, 0.3) is 5.65 Å². The number of imidazole rings is 1. The Kier molecular flexibility index (Phi) is 6.74. The first-order chi connectivity index (χ1) is 15.2. The molecule has 2 aromatic rings. The number of H-pyrrole nitrogens is 2. The highest BCUT2D eigenvalue weighted by Crippen LogP contribution is 2.44. The topological polar surface area (TPSA) is 220 Å². The third-order valence-electron chi connectivity index (χ3n) is 5.34. The number of phosphoric acid groups is 1. The maximum atomic E-state index is 12.5. The number of aliphatic hydroxyl groups is 4. The largest absolute Gasteiger partial charge is 0.472 e. The van der Waals surface area contributed by atoms with Crippen molar-refractivity contribution in [1.29, 1.82) is 0 Å². The third kappa shape index (κ3) is 4.77. The van der Waals surface area contributed by atoms with E-state index in [0.717, 1.165) is 0 Å². The first-order valence-electron chi connectivity index (χ1n) is 9.77. The molecule has 0 aliphatic carbocycles. The molecule has 4 heterocycles. The molecule has 0 aromatic carbocycles. The molecule has 0 spiro atoms. The van der Waals surface area contributed by atoms with Gasteiger partial charge in [0.2, 0.25) is 5.52 Å². The highest BCUT2D eigenvalue weighted by molar-refractivity contribution is 7.47. The zero-order chi connectivity index (χ0) is 23.0. The standard InChI is InChI=1S/C16H23N4O11P/c21-11-8(31-16(25)13(23)12(11)22)4-29-32(26,27)28-3-7-1-2-9(30-7)20-6-19-14-10(15(20)24)17-5-18-14/h5-9,11-13,16,21-23,25H,1-4H2,(H,17,18)(H,26,27)/p+1/t7-,8+,9+,11+,12-,13+,16-/m0/s1. The summed E-state index contributed by atoms with van der Waals surface area (Å²) in [6.45, 7) is -1.01. The van der Waals surface area contributed by atoms with Crippen molar-refractivity contribution in [2.45, 2.75) is 55.9 Å². The van der Waals surface area contributed by atoms with Gasteiger partial charge in [-0.25, -0.2) is 18.9 Å². The molecule has 4 rings (SSSR count). The minimum absolute atomic E-state index is 0.291. The zero-order valence-electron chi connectivity index (χ0n) is 16.6. The highest BCUT2D eigenvalue weighted by atomic mass is 31.2. The summed E-state index contributed by atoms with van der Waals surface area (Å²) in [6.07, 6.45) is -5.77. The second-order valence-electron chi connectivity index (χ2n) is 7.50. The second kappa shape index (κ2) is 9.23. The molecule has 7 N–H and O–H groups in total. The van der Waals surface area contributed by atoms with Crippen molar-refractivity contribution in [3.05, 3.63) is 23.0 Å². The molecule has 0 radical (unpaired) electrons.